The highest BCUT2D eigenvalue weighted by atomic mass is 14.9. The van der Waals surface area contributed by atoms with Crippen LogP contribution in [0.2, 0.25) is 0 Å². The molecule has 0 aromatic heterocycles. The summed E-state index contributed by atoms with van der Waals surface area (Å²) < 4.78 is 0. The van der Waals surface area contributed by atoms with Gasteiger partial charge in [-0.1, -0.05) is 48.9 Å². The largest absolute Gasteiger partial charge is 0.313 e. The van der Waals surface area contributed by atoms with Crippen molar-refractivity contribution in [2.45, 2.75) is 38.1 Å². The molecule has 0 saturated carbocycles. The Bertz CT molecular complexity index is 353. The summed E-state index contributed by atoms with van der Waals surface area (Å²) in [5.41, 5.74) is 3.02. The van der Waals surface area contributed by atoms with Gasteiger partial charge in [0.05, 0.1) is 0 Å². The molecular formula is C15H21N. The zero-order chi connectivity index (χ0) is 11.4. The van der Waals surface area contributed by atoms with Crippen LogP contribution in [-0.4, -0.2) is 13.1 Å². The van der Waals surface area contributed by atoms with Gasteiger partial charge in [0.15, 0.2) is 0 Å². The van der Waals surface area contributed by atoms with E-state index in [1.807, 2.05) is 0 Å². The Kier molecular flexibility index (Phi) is 3.79. The number of rotatable bonds is 4. The van der Waals surface area contributed by atoms with Crippen molar-refractivity contribution in [2.75, 3.05) is 7.05 Å². The second kappa shape index (κ2) is 5.31. The second-order valence-electron chi connectivity index (χ2n) is 4.64. The van der Waals surface area contributed by atoms with E-state index in [1.54, 1.807) is 5.57 Å². The molecule has 1 N–H and O–H groups in total. The Balaban J connectivity index is 2.15. The van der Waals surface area contributed by atoms with Gasteiger partial charge in [0.1, 0.15) is 0 Å². The SMILES string of the molecule is CNC(C1=CCCC1)C(C)c1ccccc1. The fraction of sp³-hybridized carbons (Fsp3) is 0.467. The highest BCUT2D eigenvalue weighted by molar-refractivity contribution is 5.27. The average Bonchev–Trinajstić information content (AvgIpc) is 2.85. The summed E-state index contributed by atoms with van der Waals surface area (Å²) in [4.78, 5) is 0. The number of allylic oxidation sites excluding steroid dienone is 1. The molecule has 1 nitrogen and oxygen atoms in total. The molecule has 0 saturated heterocycles. The molecule has 0 aliphatic heterocycles. The molecule has 0 fully saturated rings. The molecule has 0 heterocycles. The summed E-state index contributed by atoms with van der Waals surface area (Å²) in [6, 6.07) is 11.3. The molecule has 1 aliphatic carbocycles. The van der Waals surface area contributed by atoms with Crippen LogP contribution in [0.3, 0.4) is 0 Å². The summed E-state index contributed by atoms with van der Waals surface area (Å²) in [6.45, 7) is 2.32. The summed E-state index contributed by atoms with van der Waals surface area (Å²) >= 11 is 0. The van der Waals surface area contributed by atoms with Gasteiger partial charge in [-0.05, 0) is 31.9 Å². The van der Waals surface area contributed by atoms with Gasteiger partial charge in [-0.15, -0.1) is 0 Å². The molecular weight excluding hydrogens is 194 g/mol. The quantitative estimate of drug-likeness (QED) is 0.758. The van der Waals surface area contributed by atoms with E-state index < -0.39 is 0 Å². The fourth-order valence-electron chi connectivity index (χ4n) is 2.68. The monoisotopic (exact) mass is 215 g/mol. The molecule has 2 rings (SSSR count). The molecule has 86 valence electrons. The third kappa shape index (κ3) is 2.35. The van der Waals surface area contributed by atoms with Gasteiger partial charge in [0, 0.05) is 12.0 Å². The minimum atomic E-state index is 0.505. The molecule has 0 amide bonds. The van der Waals surface area contributed by atoms with Crippen LogP contribution in [0.15, 0.2) is 42.0 Å². The summed E-state index contributed by atoms with van der Waals surface area (Å²) in [5.74, 6) is 0.551. The third-order valence-corrected chi connectivity index (χ3v) is 3.61. The highest BCUT2D eigenvalue weighted by Crippen LogP contribution is 2.29. The first-order valence-corrected chi connectivity index (χ1v) is 6.24. The maximum absolute atomic E-state index is 3.47. The fourth-order valence-corrected chi connectivity index (χ4v) is 2.68. The van der Waals surface area contributed by atoms with E-state index in [4.69, 9.17) is 0 Å². The Morgan fingerprint density at radius 2 is 1.94 bits per heavy atom. The van der Waals surface area contributed by atoms with Crippen LogP contribution in [0.25, 0.3) is 0 Å². The van der Waals surface area contributed by atoms with Gasteiger partial charge in [-0.25, -0.2) is 0 Å². The zero-order valence-electron chi connectivity index (χ0n) is 10.2. The molecule has 0 bridgehead atoms. The number of nitrogens with one attached hydrogen (secondary N) is 1. The van der Waals surface area contributed by atoms with Gasteiger partial charge in [0.2, 0.25) is 0 Å². The zero-order valence-corrected chi connectivity index (χ0v) is 10.2. The van der Waals surface area contributed by atoms with Crippen molar-refractivity contribution >= 4 is 0 Å². The van der Waals surface area contributed by atoms with Crippen LogP contribution in [0.1, 0.15) is 37.7 Å². The van der Waals surface area contributed by atoms with Crippen LogP contribution in [0.4, 0.5) is 0 Å². The van der Waals surface area contributed by atoms with Crippen molar-refractivity contribution in [2.24, 2.45) is 0 Å². The van der Waals surface area contributed by atoms with E-state index >= 15 is 0 Å². The molecule has 2 unspecified atom stereocenters. The average molecular weight is 215 g/mol. The maximum atomic E-state index is 3.47. The second-order valence-corrected chi connectivity index (χ2v) is 4.64. The standard InChI is InChI=1S/C15H21N/c1-12(13-8-4-3-5-9-13)15(16-2)14-10-6-7-11-14/h3-5,8-10,12,15-16H,6-7,11H2,1-2H3. The lowest BCUT2D eigenvalue weighted by atomic mass is 9.88. The van der Waals surface area contributed by atoms with Crippen molar-refractivity contribution in [3.63, 3.8) is 0 Å². The van der Waals surface area contributed by atoms with E-state index in [0.29, 0.717) is 12.0 Å². The van der Waals surface area contributed by atoms with Crippen LogP contribution < -0.4 is 5.32 Å². The van der Waals surface area contributed by atoms with Crippen LogP contribution in [0.5, 0.6) is 0 Å². The van der Waals surface area contributed by atoms with E-state index in [0.717, 1.165) is 0 Å². The molecule has 1 aromatic rings. The smallest absolute Gasteiger partial charge is 0.0343 e. The van der Waals surface area contributed by atoms with Gasteiger partial charge in [-0.3, -0.25) is 0 Å². The number of hydrogen-bond acceptors (Lipinski definition) is 1. The number of benzene rings is 1. The Morgan fingerprint density at radius 1 is 1.19 bits per heavy atom. The van der Waals surface area contributed by atoms with Crippen molar-refractivity contribution in [3.05, 3.63) is 47.5 Å². The van der Waals surface area contributed by atoms with Crippen molar-refractivity contribution < 1.29 is 0 Å². The van der Waals surface area contributed by atoms with Crippen LogP contribution in [-0.2, 0) is 0 Å². The van der Waals surface area contributed by atoms with Crippen LogP contribution >= 0.6 is 0 Å². The summed E-state index contributed by atoms with van der Waals surface area (Å²) in [6.07, 6.45) is 6.27. The lowest BCUT2D eigenvalue weighted by Crippen LogP contribution is -2.32. The first-order chi connectivity index (χ1) is 7.83. The molecule has 16 heavy (non-hydrogen) atoms. The highest BCUT2D eigenvalue weighted by Gasteiger charge is 2.22. The van der Waals surface area contributed by atoms with E-state index in [2.05, 4.69) is 55.7 Å². The van der Waals surface area contributed by atoms with E-state index in [1.165, 1.54) is 24.8 Å². The molecule has 1 aliphatic rings. The molecule has 2 atom stereocenters. The first kappa shape index (κ1) is 11.4. The Morgan fingerprint density at radius 3 is 2.50 bits per heavy atom. The van der Waals surface area contributed by atoms with Gasteiger partial charge >= 0.3 is 0 Å². The van der Waals surface area contributed by atoms with Crippen molar-refractivity contribution in [1.29, 1.82) is 0 Å². The molecule has 1 aromatic carbocycles. The van der Waals surface area contributed by atoms with Gasteiger partial charge in [-0.2, -0.15) is 0 Å². The lowest BCUT2D eigenvalue weighted by molar-refractivity contribution is 0.535. The summed E-state index contributed by atoms with van der Waals surface area (Å²) in [5, 5.41) is 3.47. The topological polar surface area (TPSA) is 12.0 Å². The van der Waals surface area contributed by atoms with Crippen molar-refractivity contribution in [3.8, 4) is 0 Å². The molecule has 0 spiro atoms. The predicted octanol–water partition coefficient (Wildman–Crippen LogP) is 3.49. The predicted molar refractivity (Wildman–Crippen MR) is 69.6 cm³/mol. The minimum Gasteiger partial charge on any atom is -0.313 e. The molecule has 1 heteroatoms. The Labute approximate surface area is 98.6 Å². The number of hydrogen-bond donors (Lipinski definition) is 1. The molecule has 0 radical (unpaired) electrons. The normalized spacial score (nSPS) is 19.2. The van der Waals surface area contributed by atoms with E-state index in [9.17, 15) is 0 Å². The van der Waals surface area contributed by atoms with Crippen LogP contribution in [0, 0.1) is 0 Å². The van der Waals surface area contributed by atoms with E-state index in [-0.39, 0.29) is 0 Å². The first-order valence-electron chi connectivity index (χ1n) is 6.24. The van der Waals surface area contributed by atoms with Gasteiger partial charge < -0.3 is 5.32 Å². The Hall–Kier alpha value is -1.08. The van der Waals surface area contributed by atoms with Gasteiger partial charge in [0.25, 0.3) is 0 Å². The number of likely N-dealkylation sites (N-methyl/N-ethyl adjacent to an activating group) is 1. The lowest BCUT2D eigenvalue weighted by Gasteiger charge is -2.25. The third-order valence-electron chi connectivity index (χ3n) is 3.61. The minimum absolute atomic E-state index is 0.505. The summed E-state index contributed by atoms with van der Waals surface area (Å²) in [7, 11) is 2.07. The van der Waals surface area contributed by atoms with Crippen molar-refractivity contribution in [1.82, 2.24) is 5.32 Å². The maximum Gasteiger partial charge on any atom is 0.0343 e.